The zero-order chi connectivity index (χ0) is 10.8. The summed E-state index contributed by atoms with van der Waals surface area (Å²) in [7, 11) is 0. The van der Waals surface area contributed by atoms with Gasteiger partial charge in [0.25, 0.3) is 0 Å². The lowest BCUT2D eigenvalue weighted by Crippen LogP contribution is -2.05. The van der Waals surface area contributed by atoms with Crippen molar-refractivity contribution in [2.45, 2.75) is 33.3 Å². The standard InChI is InChI=1S/C12H18N2O/c1-8-5-14-11(9(2)12(8)13)7-15-6-10-3-4-10/h5,10H,3-4,6-7H2,1-2H3,(H2,13,14). The fraction of sp³-hybridized carbons (Fsp3) is 0.583. The molecule has 0 aromatic carbocycles. The molecule has 0 saturated heterocycles. The summed E-state index contributed by atoms with van der Waals surface area (Å²) in [5, 5.41) is 0. The van der Waals surface area contributed by atoms with Crippen molar-refractivity contribution < 1.29 is 4.74 Å². The fourth-order valence-electron chi connectivity index (χ4n) is 1.54. The molecule has 1 aliphatic carbocycles. The summed E-state index contributed by atoms with van der Waals surface area (Å²) in [5.74, 6) is 0.799. The first-order valence-electron chi connectivity index (χ1n) is 5.46. The summed E-state index contributed by atoms with van der Waals surface area (Å²) in [6.07, 6.45) is 4.46. The zero-order valence-corrected chi connectivity index (χ0v) is 9.42. The van der Waals surface area contributed by atoms with Crippen molar-refractivity contribution in [3.05, 3.63) is 23.0 Å². The number of hydrogen-bond acceptors (Lipinski definition) is 3. The second-order valence-corrected chi connectivity index (χ2v) is 4.39. The second-order valence-electron chi connectivity index (χ2n) is 4.39. The Labute approximate surface area is 90.7 Å². The first-order valence-corrected chi connectivity index (χ1v) is 5.46. The van der Waals surface area contributed by atoms with E-state index in [0.29, 0.717) is 6.61 Å². The Kier molecular flexibility index (Phi) is 2.91. The minimum atomic E-state index is 0.590. The van der Waals surface area contributed by atoms with E-state index in [2.05, 4.69) is 4.98 Å². The minimum absolute atomic E-state index is 0.590. The van der Waals surface area contributed by atoms with Crippen LogP contribution >= 0.6 is 0 Å². The number of aryl methyl sites for hydroxylation is 1. The van der Waals surface area contributed by atoms with Gasteiger partial charge in [0.1, 0.15) is 0 Å². The molecule has 2 rings (SSSR count). The summed E-state index contributed by atoms with van der Waals surface area (Å²) in [5.41, 5.74) is 9.85. The molecule has 2 N–H and O–H groups in total. The van der Waals surface area contributed by atoms with Gasteiger partial charge in [-0.25, -0.2) is 0 Å². The number of hydrogen-bond donors (Lipinski definition) is 1. The van der Waals surface area contributed by atoms with Gasteiger partial charge in [0.15, 0.2) is 0 Å². The number of pyridine rings is 1. The number of nitrogens with two attached hydrogens (primary N) is 1. The molecule has 0 atom stereocenters. The van der Waals surface area contributed by atoms with Gasteiger partial charge in [-0.2, -0.15) is 0 Å². The zero-order valence-electron chi connectivity index (χ0n) is 9.42. The first kappa shape index (κ1) is 10.4. The Morgan fingerprint density at radius 2 is 2.20 bits per heavy atom. The highest BCUT2D eigenvalue weighted by Gasteiger charge is 2.21. The third kappa shape index (κ3) is 2.48. The van der Waals surface area contributed by atoms with Gasteiger partial charge in [0.2, 0.25) is 0 Å². The number of anilines is 1. The molecule has 0 aliphatic heterocycles. The van der Waals surface area contributed by atoms with E-state index in [1.165, 1.54) is 12.8 Å². The molecule has 1 aliphatic rings. The van der Waals surface area contributed by atoms with Crippen LogP contribution in [0.2, 0.25) is 0 Å². The summed E-state index contributed by atoms with van der Waals surface area (Å²) >= 11 is 0. The van der Waals surface area contributed by atoms with Crippen LogP contribution in [-0.4, -0.2) is 11.6 Å². The summed E-state index contributed by atoms with van der Waals surface area (Å²) in [6, 6.07) is 0. The van der Waals surface area contributed by atoms with Crippen LogP contribution in [0.25, 0.3) is 0 Å². The summed E-state index contributed by atoms with van der Waals surface area (Å²) in [6.45, 7) is 5.44. The second kappa shape index (κ2) is 4.19. The third-order valence-electron chi connectivity index (χ3n) is 2.97. The van der Waals surface area contributed by atoms with Gasteiger partial charge in [-0.15, -0.1) is 0 Å². The molecule has 3 heteroatoms. The normalized spacial score (nSPS) is 15.6. The molecule has 0 unspecified atom stereocenters. The lowest BCUT2D eigenvalue weighted by atomic mass is 10.1. The maximum Gasteiger partial charge on any atom is 0.0891 e. The number of nitrogens with zero attached hydrogens (tertiary/aromatic N) is 1. The summed E-state index contributed by atoms with van der Waals surface area (Å²) < 4.78 is 5.60. The van der Waals surface area contributed by atoms with Gasteiger partial charge in [-0.3, -0.25) is 4.98 Å². The molecule has 1 fully saturated rings. The van der Waals surface area contributed by atoms with Crippen LogP contribution in [-0.2, 0) is 11.3 Å². The predicted molar refractivity (Wildman–Crippen MR) is 60.5 cm³/mol. The first-order chi connectivity index (χ1) is 7.18. The molecular formula is C12H18N2O. The van der Waals surface area contributed by atoms with Gasteiger partial charge in [0, 0.05) is 18.5 Å². The van der Waals surface area contributed by atoms with Crippen LogP contribution in [0.3, 0.4) is 0 Å². The molecule has 15 heavy (non-hydrogen) atoms. The van der Waals surface area contributed by atoms with E-state index in [1.54, 1.807) is 0 Å². The molecule has 82 valence electrons. The number of ether oxygens (including phenoxy) is 1. The Balaban J connectivity index is 1.97. The van der Waals surface area contributed by atoms with E-state index in [0.717, 1.165) is 35.0 Å². The van der Waals surface area contributed by atoms with Crippen LogP contribution in [0.1, 0.15) is 29.7 Å². The van der Waals surface area contributed by atoms with Crippen molar-refractivity contribution >= 4 is 5.69 Å². The Bertz CT molecular complexity index is 359. The van der Waals surface area contributed by atoms with Crippen molar-refractivity contribution in [2.24, 2.45) is 5.92 Å². The van der Waals surface area contributed by atoms with Crippen LogP contribution < -0.4 is 5.73 Å². The van der Waals surface area contributed by atoms with E-state index in [1.807, 2.05) is 20.0 Å². The van der Waals surface area contributed by atoms with Crippen molar-refractivity contribution in [3.8, 4) is 0 Å². The molecule has 0 spiro atoms. The molecule has 1 heterocycles. The van der Waals surface area contributed by atoms with Gasteiger partial charge in [-0.1, -0.05) is 0 Å². The largest absolute Gasteiger partial charge is 0.398 e. The van der Waals surface area contributed by atoms with Crippen molar-refractivity contribution in [3.63, 3.8) is 0 Å². The van der Waals surface area contributed by atoms with Crippen molar-refractivity contribution in [1.29, 1.82) is 0 Å². The van der Waals surface area contributed by atoms with E-state index in [4.69, 9.17) is 10.5 Å². The van der Waals surface area contributed by atoms with Crippen LogP contribution in [0, 0.1) is 19.8 Å². The topological polar surface area (TPSA) is 48.1 Å². The molecule has 1 aromatic rings. The number of nitrogen functional groups attached to an aromatic ring is 1. The highest BCUT2D eigenvalue weighted by molar-refractivity contribution is 5.53. The lowest BCUT2D eigenvalue weighted by Gasteiger charge is -2.10. The van der Waals surface area contributed by atoms with Crippen LogP contribution in [0.15, 0.2) is 6.20 Å². The molecule has 0 amide bonds. The van der Waals surface area contributed by atoms with Crippen LogP contribution in [0.4, 0.5) is 5.69 Å². The molecular weight excluding hydrogens is 188 g/mol. The maximum atomic E-state index is 5.93. The van der Waals surface area contributed by atoms with Crippen molar-refractivity contribution in [1.82, 2.24) is 4.98 Å². The van der Waals surface area contributed by atoms with Gasteiger partial charge >= 0.3 is 0 Å². The minimum Gasteiger partial charge on any atom is -0.398 e. The van der Waals surface area contributed by atoms with Gasteiger partial charge in [-0.05, 0) is 43.7 Å². The van der Waals surface area contributed by atoms with E-state index < -0.39 is 0 Å². The van der Waals surface area contributed by atoms with Crippen LogP contribution in [0.5, 0.6) is 0 Å². The highest BCUT2D eigenvalue weighted by Crippen LogP contribution is 2.29. The average Bonchev–Trinajstić information content (AvgIpc) is 3.02. The molecule has 1 aromatic heterocycles. The highest BCUT2D eigenvalue weighted by atomic mass is 16.5. The number of aromatic nitrogens is 1. The van der Waals surface area contributed by atoms with E-state index in [-0.39, 0.29) is 0 Å². The lowest BCUT2D eigenvalue weighted by molar-refractivity contribution is 0.108. The van der Waals surface area contributed by atoms with Gasteiger partial charge in [0.05, 0.1) is 12.3 Å². The molecule has 1 saturated carbocycles. The predicted octanol–water partition coefficient (Wildman–Crippen LogP) is 2.21. The molecule has 3 nitrogen and oxygen atoms in total. The Morgan fingerprint density at radius 3 is 2.87 bits per heavy atom. The number of rotatable bonds is 4. The van der Waals surface area contributed by atoms with Gasteiger partial charge < -0.3 is 10.5 Å². The maximum absolute atomic E-state index is 5.93. The summed E-state index contributed by atoms with van der Waals surface area (Å²) in [4.78, 5) is 4.35. The third-order valence-corrected chi connectivity index (χ3v) is 2.97. The average molecular weight is 206 g/mol. The molecule has 0 radical (unpaired) electrons. The van der Waals surface area contributed by atoms with Crippen molar-refractivity contribution in [2.75, 3.05) is 12.3 Å². The van der Waals surface area contributed by atoms with E-state index in [9.17, 15) is 0 Å². The fourth-order valence-corrected chi connectivity index (χ4v) is 1.54. The monoisotopic (exact) mass is 206 g/mol. The smallest absolute Gasteiger partial charge is 0.0891 e. The quantitative estimate of drug-likeness (QED) is 0.821. The van der Waals surface area contributed by atoms with E-state index >= 15 is 0 Å². The Hall–Kier alpha value is -1.09. The SMILES string of the molecule is Cc1cnc(COCC2CC2)c(C)c1N. The molecule has 0 bridgehead atoms. The Morgan fingerprint density at radius 1 is 1.47 bits per heavy atom.